The van der Waals surface area contributed by atoms with Gasteiger partial charge in [0.05, 0.1) is 51.8 Å². The lowest BCUT2D eigenvalue weighted by molar-refractivity contribution is 0.111. The van der Waals surface area contributed by atoms with E-state index in [1.807, 2.05) is 12.1 Å². The molecular formula is C79H130O8. The Bertz CT molecular complexity index is 2200. The fraction of sp³-hybridized carbons (Fsp3) is 0.709. The van der Waals surface area contributed by atoms with Crippen LogP contribution in [0.2, 0.25) is 0 Å². The van der Waals surface area contributed by atoms with Crippen molar-refractivity contribution in [2.45, 2.75) is 294 Å². The minimum atomic E-state index is 0.345. The van der Waals surface area contributed by atoms with Gasteiger partial charge in [-0.15, -0.1) is 0 Å². The molecule has 0 bridgehead atoms. The number of ether oxygens (including phenoxy) is 7. The maximum atomic E-state index is 12.5. The van der Waals surface area contributed by atoms with E-state index in [0.717, 1.165) is 121 Å². The van der Waals surface area contributed by atoms with Crippen LogP contribution in [0.25, 0.3) is 24.3 Å². The summed E-state index contributed by atoms with van der Waals surface area (Å²) in [7, 11) is 0. The van der Waals surface area contributed by atoms with Gasteiger partial charge in [-0.25, -0.2) is 0 Å². The van der Waals surface area contributed by atoms with Crippen LogP contribution in [0.3, 0.4) is 0 Å². The Morgan fingerprint density at radius 2 is 0.540 bits per heavy atom. The number of aldehydes is 1. The van der Waals surface area contributed by atoms with E-state index in [1.165, 1.54) is 154 Å². The normalized spacial score (nSPS) is 13.0. The van der Waals surface area contributed by atoms with E-state index < -0.39 is 0 Å². The summed E-state index contributed by atoms with van der Waals surface area (Å²) in [6.07, 6.45) is 51.6. The number of benzene rings is 3. The average molecular weight is 1210 g/mol. The summed E-state index contributed by atoms with van der Waals surface area (Å²) in [5, 5.41) is 0. The molecule has 0 aromatic heterocycles. The van der Waals surface area contributed by atoms with Crippen LogP contribution >= 0.6 is 0 Å². The van der Waals surface area contributed by atoms with Crippen LogP contribution in [-0.4, -0.2) is 52.5 Å². The van der Waals surface area contributed by atoms with Crippen molar-refractivity contribution >= 4 is 30.6 Å². The van der Waals surface area contributed by atoms with Gasteiger partial charge in [0.15, 0.2) is 17.8 Å². The molecule has 0 saturated carbocycles. The van der Waals surface area contributed by atoms with Crippen molar-refractivity contribution in [3.05, 3.63) is 64.2 Å². The summed E-state index contributed by atoms with van der Waals surface area (Å²) >= 11 is 0. The third-order valence-corrected chi connectivity index (χ3v) is 17.5. The standard InChI is InChI=1S/C79H130O8/c1-12-19-22-25-28-31-34-37-40-43-50-81-77-53-68(54-78(82-51-44-41-38-35-32-29-26-23-20-13-2)79(77)83-52-45-42-39-36-33-30-27-24-21-14-3)46-47-69-55-74(85-61-65(9)16-5)70(56-73(69)84-60-64(8)15-4)48-49-71-57-76(87-63-67(11)18-7)72(59-80)58-75(71)86-62-66(10)17-6/h46-49,53-59,64-67H,12-45,50-52,60-63H2,1-11H3/b47-46+,49-48+/t64-,65-,66-,67-/m0/s1. The summed E-state index contributed by atoms with van der Waals surface area (Å²) in [6.45, 7) is 28.5. The van der Waals surface area contributed by atoms with Gasteiger partial charge in [0.1, 0.15) is 23.0 Å². The summed E-state index contributed by atoms with van der Waals surface area (Å²) in [5.74, 6) is 6.39. The maximum Gasteiger partial charge on any atom is 0.203 e. The lowest BCUT2D eigenvalue weighted by Crippen LogP contribution is -2.11. The molecule has 3 aromatic rings. The topological polar surface area (TPSA) is 81.7 Å². The maximum absolute atomic E-state index is 12.5. The fourth-order valence-corrected chi connectivity index (χ4v) is 10.3. The molecule has 0 fully saturated rings. The Hall–Kier alpha value is -4.59. The highest BCUT2D eigenvalue weighted by Crippen LogP contribution is 2.41. The minimum absolute atomic E-state index is 0.345. The molecule has 8 nitrogen and oxygen atoms in total. The SMILES string of the molecule is CCCCCCCCCCCCOc1cc(/C=C/c2cc(OC[C@@H](C)CC)c(/C=C/c3cc(OC[C@@H](C)CC)c(C=O)cc3OC[C@@H](C)CC)cc2OC[C@@H](C)CC)cc(OCCCCCCCCCCCC)c1OCCCCCCCCCCCC. The summed E-state index contributed by atoms with van der Waals surface area (Å²) in [5.41, 5.74) is 4.10. The molecule has 0 spiro atoms. The Labute approximate surface area is 534 Å². The van der Waals surface area contributed by atoms with Gasteiger partial charge in [-0.1, -0.05) is 300 Å². The first-order valence-corrected chi connectivity index (χ1v) is 36.3. The van der Waals surface area contributed by atoms with E-state index in [9.17, 15) is 4.79 Å². The molecule has 8 heteroatoms. The molecule has 0 saturated heterocycles. The van der Waals surface area contributed by atoms with Crippen LogP contribution in [-0.2, 0) is 0 Å². The number of hydrogen-bond donors (Lipinski definition) is 0. The van der Waals surface area contributed by atoms with Gasteiger partial charge in [0.25, 0.3) is 0 Å². The first-order valence-electron chi connectivity index (χ1n) is 36.3. The Morgan fingerprint density at radius 3 is 0.828 bits per heavy atom. The molecule has 4 atom stereocenters. The molecule has 0 amide bonds. The molecule has 87 heavy (non-hydrogen) atoms. The predicted molar refractivity (Wildman–Crippen MR) is 374 cm³/mol. The molecule has 0 heterocycles. The van der Waals surface area contributed by atoms with Crippen molar-refractivity contribution < 1.29 is 38.0 Å². The summed E-state index contributed by atoms with van der Waals surface area (Å²) in [6, 6.07) is 12.3. The molecule has 0 aliphatic carbocycles. The lowest BCUT2D eigenvalue weighted by atomic mass is 10.0. The van der Waals surface area contributed by atoms with Crippen molar-refractivity contribution in [3.8, 4) is 40.2 Å². The molecule has 494 valence electrons. The number of unbranched alkanes of at least 4 members (excludes halogenated alkanes) is 27. The van der Waals surface area contributed by atoms with Crippen molar-refractivity contribution in [2.24, 2.45) is 23.7 Å². The third-order valence-electron chi connectivity index (χ3n) is 17.5. The average Bonchev–Trinajstić information content (AvgIpc) is 3.45. The molecule has 0 unspecified atom stereocenters. The van der Waals surface area contributed by atoms with Crippen LogP contribution in [0.1, 0.15) is 327 Å². The monoisotopic (exact) mass is 1210 g/mol. The first-order chi connectivity index (χ1) is 42.5. The highest BCUT2D eigenvalue weighted by atomic mass is 16.5. The molecule has 0 aliphatic rings. The zero-order chi connectivity index (χ0) is 63.0. The van der Waals surface area contributed by atoms with Gasteiger partial charge in [0, 0.05) is 16.7 Å². The molecule has 0 radical (unpaired) electrons. The van der Waals surface area contributed by atoms with Crippen LogP contribution in [0, 0.1) is 23.7 Å². The van der Waals surface area contributed by atoms with Gasteiger partial charge < -0.3 is 33.2 Å². The van der Waals surface area contributed by atoms with Gasteiger partial charge in [0.2, 0.25) is 5.75 Å². The quantitative estimate of drug-likeness (QED) is 0.0314. The highest BCUT2D eigenvalue weighted by Gasteiger charge is 2.19. The molecular weight excluding hydrogens is 1080 g/mol. The van der Waals surface area contributed by atoms with Gasteiger partial charge in [-0.3, -0.25) is 4.79 Å². The predicted octanol–water partition coefficient (Wildman–Crippen LogP) is 24.4. The van der Waals surface area contributed by atoms with Crippen LogP contribution < -0.4 is 33.2 Å². The van der Waals surface area contributed by atoms with Crippen LogP contribution in [0.5, 0.6) is 40.2 Å². The van der Waals surface area contributed by atoms with Crippen molar-refractivity contribution in [1.29, 1.82) is 0 Å². The Kier molecular flexibility index (Phi) is 44.2. The van der Waals surface area contributed by atoms with E-state index in [2.05, 4.69) is 125 Å². The number of carbonyl (C=O) groups is 1. The van der Waals surface area contributed by atoms with Crippen molar-refractivity contribution in [2.75, 3.05) is 46.2 Å². The second-order valence-corrected chi connectivity index (χ2v) is 25.9. The molecule has 3 aromatic carbocycles. The Balaban J connectivity index is 2.13. The number of carbonyl (C=O) groups excluding carboxylic acids is 1. The molecule has 0 N–H and O–H groups in total. The van der Waals surface area contributed by atoms with Gasteiger partial charge >= 0.3 is 0 Å². The van der Waals surface area contributed by atoms with Gasteiger partial charge in [-0.2, -0.15) is 0 Å². The number of hydrogen-bond acceptors (Lipinski definition) is 8. The zero-order valence-electron chi connectivity index (χ0n) is 57.9. The van der Waals surface area contributed by atoms with Crippen molar-refractivity contribution in [3.63, 3.8) is 0 Å². The lowest BCUT2D eigenvalue weighted by Gasteiger charge is -2.19. The summed E-state index contributed by atoms with van der Waals surface area (Å²) < 4.78 is 46.9. The molecule has 0 aliphatic heterocycles. The van der Waals surface area contributed by atoms with Gasteiger partial charge in [-0.05, 0) is 84.9 Å². The van der Waals surface area contributed by atoms with E-state index in [-0.39, 0.29) is 0 Å². The van der Waals surface area contributed by atoms with Crippen LogP contribution in [0.4, 0.5) is 0 Å². The van der Waals surface area contributed by atoms with E-state index in [1.54, 1.807) is 0 Å². The summed E-state index contributed by atoms with van der Waals surface area (Å²) in [4.78, 5) is 12.5. The highest BCUT2D eigenvalue weighted by molar-refractivity contribution is 5.85. The Morgan fingerprint density at radius 1 is 0.287 bits per heavy atom. The molecule has 3 rings (SSSR count). The van der Waals surface area contributed by atoms with E-state index >= 15 is 0 Å². The second kappa shape index (κ2) is 50.2. The van der Waals surface area contributed by atoms with E-state index in [0.29, 0.717) is 87.0 Å². The van der Waals surface area contributed by atoms with Crippen molar-refractivity contribution in [1.82, 2.24) is 0 Å². The first kappa shape index (κ1) is 76.7. The van der Waals surface area contributed by atoms with E-state index in [4.69, 9.17) is 33.2 Å². The third kappa shape index (κ3) is 34.3. The fourth-order valence-electron chi connectivity index (χ4n) is 10.3. The van der Waals surface area contributed by atoms with Crippen LogP contribution in [0.15, 0.2) is 36.4 Å². The zero-order valence-corrected chi connectivity index (χ0v) is 57.9. The number of rotatable bonds is 57. The second-order valence-electron chi connectivity index (χ2n) is 25.9. The largest absolute Gasteiger partial charge is 0.493 e. The smallest absolute Gasteiger partial charge is 0.203 e. The minimum Gasteiger partial charge on any atom is -0.493 e.